The second-order valence-electron chi connectivity index (χ2n) is 6.64. The number of hydrogen-bond acceptors (Lipinski definition) is 5. The van der Waals surface area contributed by atoms with Crippen molar-refractivity contribution in [3.8, 4) is 10.7 Å². The Hall–Kier alpha value is -1.99. The first kappa shape index (κ1) is 18.4. The number of aryl methyl sites for hydroxylation is 1. The number of amides is 1. The Labute approximate surface area is 170 Å². The topological polar surface area (TPSA) is 59.2 Å². The van der Waals surface area contributed by atoms with Crippen LogP contribution in [0.4, 0.5) is 0 Å². The number of carbonyl (C=O) groups excluding carboxylic acids is 1. The zero-order valence-corrected chi connectivity index (χ0v) is 17.2. The molecule has 140 valence electrons. The minimum absolute atomic E-state index is 0.194. The summed E-state index contributed by atoms with van der Waals surface area (Å²) in [7, 11) is 0. The fraction of sp³-hybridized carbons (Fsp3) is 0.350. The number of halogens is 1. The molecular formula is C20H20BrN3O2S. The van der Waals surface area contributed by atoms with Crippen LogP contribution in [0.2, 0.25) is 0 Å². The number of benzene rings is 1. The van der Waals surface area contributed by atoms with Gasteiger partial charge in [-0.1, -0.05) is 39.3 Å². The lowest BCUT2D eigenvalue weighted by molar-refractivity contribution is -0.132. The van der Waals surface area contributed by atoms with Crippen LogP contribution in [0.25, 0.3) is 10.7 Å². The van der Waals surface area contributed by atoms with Crippen LogP contribution in [0, 0.1) is 0 Å². The van der Waals surface area contributed by atoms with Gasteiger partial charge in [-0.3, -0.25) is 4.79 Å². The van der Waals surface area contributed by atoms with Crippen molar-refractivity contribution >= 4 is 33.2 Å². The molecule has 2 aromatic heterocycles. The third kappa shape index (κ3) is 4.30. The summed E-state index contributed by atoms with van der Waals surface area (Å²) >= 11 is 5.05. The van der Waals surface area contributed by atoms with E-state index in [0.29, 0.717) is 31.0 Å². The van der Waals surface area contributed by atoms with Gasteiger partial charge in [-0.25, -0.2) is 0 Å². The summed E-state index contributed by atoms with van der Waals surface area (Å²) in [5.41, 5.74) is 1.21. The predicted molar refractivity (Wildman–Crippen MR) is 108 cm³/mol. The van der Waals surface area contributed by atoms with E-state index in [4.69, 9.17) is 4.52 Å². The number of hydrogen-bond donors (Lipinski definition) is 0. The molecular weight excluding hydrogens is 426 g/mol. The van der Waals surface area contributed by atoms with Gasteiger partial charge in [-0.2, -0.15) is 4.98 Å². The monoisotopic (exact) mass is 445 g/mol. The van der Waals surface area contributed by atoms with Crippen molar-refractivity contribution in [2.24, 2.45) is 0 Å². The minimum Gasteiger partial charge on any atom is -0.339 e. The molecule has 0 aliphatic carbocycles. The number of likely N-dealkylation sites (tertiary alicyclic amines) is 1. The van der Waals surface area contributed by atoms with Crippen molar-refractivity contribution in [3.63, 3.8) is 0 Å². The van der Waals surface area contributed by atoms with E-state index >= 15 is 0 Å². The Bertz CT molecular complexity index is 892. The highest BCUT2D eigenvalue weighted by molar-refractivity contribution is 9.10. The molecule has 1 atom stereocenters. The average molecular weight is 446 g/mol. The van der Waals surface area contributed by atoms with Gasteiger partial charge in [0.15, 0.2) is 0 Å². The van der Waals surface area contributed by atoms with Crippen molar-refractivity contribution in [1.82, 2.24) is 15.0 Å². The summed E-state index contributed by atoms with van der Waals surface area (Å²) < 4.78 is 6.37. The lowest BCUT2D eigenvalue weighted by Gasteiger charge is -2.25. The smallest absolute Gasteiger partial charge is 0.226 e. The molecule has 5 nitrogen and oxygen atoms in total. The summed E-state index contributed by atoms with van der Waals surface area (Å²) in [5.74, 6) is 1.43. The zero-order valence-electron chi connectivity index (χ0n) is 14.8. The lowest BCUT2D eigenvalue weighted by Crippen LogP contribution is -2.30. The van der Waals surface area contributed by atoms with E-state index in [1.165, 1.54) is 5.56 Å². The first-order valence-electron chi connectivity index (χ1n) is 9.12. The summed E-state index contributed by atoms with van der Waals surface area (Å²) in [5, 5.41) is 6.01. The molecule has 1 aliphatic rings. The number of rotatable bonds is 6. The SMILES string of the molecule is O=C(CCCc1nc(-c2cccs2)no1)N1CCCC1c1ccc(Br)cc1. The van der Waals surface area contributed by atoms with Crippen molar-refractivity contribution in [2.75, 3.05) is 6.54 Å². The summed E-state index contributed by atoms with van der Waals surface area (Å²) in [4.78, 5) is 20.2. The maximum absolute atomic E-state index is 12.7. The minimum atomic E-state index is 0.194. The lowest BCUT2D eigenvalue weighted by atomic mass is 10.0. The average Bonchev–Trinajstić information content (AvgIpc) is 3.43. The molecule has 7 heteroatoms. The van der Waals surface area contributed by atoms with Gasteiger partial charge < -0.3 is 9.42 Å². The Morgan fingerprint density at radius 1 is 1.30 bits per heavy atom. The van der Waals surface area contributed by atoms with Gasteiger partial charge in [0.2, 0.25) is 17.6 Å². The second-order valence-corrected chi connectivity index (χ2v) is 8.50. The van der Waals surface area contributed by atoms with E-state index in [9.17, 15) is 4.79 Å². The van der Waals surface area contributed by atoms with Gasteiger partial charge in [0, 0.05) is 23.9 Å². The molecule has 1 aliphatic heterocycles. The molecule has 1 fully saturated rings. The number of thiophene rings is 1. The van der Waals surface area contributed by atoms with Crippen LogP contribution < -0.4 is 0 Å². The summed E-state index contributed by atoms with van der Waals surface area (Å²) in [6.07, 6.45) is 3.93. The van der Waals surface area contributed by atoms with E-state index in [-0.39, 0.29) is 11.9 Å². The largest absolute Gasteiger partial charge is 0.339 e. The maximum atomic E-state index is 12.7. The normalized spacial score (nSPS) is 16.8. The first-order valence-corrected chi connectivity index (χ1v) is 10.8. The quantitative estimate of drug-likeness (QED) is 0.519. The van der Waals surface area contributed by atoms with E-state index in [1.54, 1.807) is 11.3 Å². The summed E-state index contributed by atoms with van der Waals surface area (Å²) in [6.45, 7) is 0.836. The highest BCUT2D eigenvalue weighted by Gasteiger charge is 2.29. The zero-order chi connectivity index (χ0) is 18.6. The molecule has 1 aromatic carbocycles. The van der Waals surface area contributed by atoms with E-state index in [2.05, 4.69) is 38.2 Å². The Morgan fingerprint density at radius 2 is 2.15 bits per heavy atom. The molecule has 0 radical (unpaired) electrons. The van der Waals surface area contributed by atoms with Crippen LogP contribution in [0.5, 0.6) is 0 Å². The van der Waals surface area contributed by atoms with Gasteiger partial charge >= 0.3 is 0 Å². The molecule has 27 heavy (non-hydrogen) atoms. The van der Waals surface area contributed by atoms with Gasteiger partial charge in [0.25, 0.3) is 0 Å². The van der Waals surface area contributed by atoms with Crippen LogP contribution in [-0.2, 0) is 11.2 Å². The molecule has 3 heterocycles. The van der Waals surface area contributed by atoms with Gasteiger partial charge in [-0.15, -0.1) is 11.3 Å². The molecule has 0 bridgehead atoms. The number of nitrogens with zero attached hydrogens (tertiary/aromatic N) is 3. The molecule has 1 saturated heterocycles. The molecule has 1 unspecified atom stereocenters. The summed E-state index contributed by atoms with van der Waals surface area (Å²) in [6, 6.07) is 12.4. The standard InChI is InChI=1S/C20H20BrN3O2S/c21-15-10-8-14(9-11-15)16-4-2-12-24(16)19(25)7-1-6-18-22-20(23-26-18)17-5-3-13-27-17/h3,5,8-11,13,16H,1-2,4,6-7,12H2. The number of aromatic nitrogens is 2. The van der Waals surface area contributed by atoms with Crippen LogP contribution in [0.3, 0.4) is 0 Å². The van der Waals surface area contributed by atoms with Gasteiger partial charge in [0.05, 0.1) is 10.9 Å². The van der Waals surface area contributed by atoms with E-state index in [0.717, 1.165) is 28.7 Å². The molecule has 0 spiro atoms. The van der Waals surface area contributed by atoms with E-state index < -0.39 is 0 Å². The Balaban J connectivity index is 1.32. The highest BCUT2D eigenvalue weighted by atomic mass is 79.9. The third-order valence-corrected chi connectivity index (χ3v) is 6.21. The third-order valence-electron chi connectivity index (χ3n) is 4.82. The predicted octanol–water partition coefficient (Wildman–Crippen LogP) is 5.25. The number of carbonyl (C=O) groups is 1. The molecule has 4 rings (SSSR count). The van der Waals surface area contributed by atoms with Crippen LogP contribution in [-0.4, -0.2) is 27.5 Å². The van der Waals surface area contributed by atoms with Crippen molar-refractivity contribution < 1.29 is 9.32 Å². The Morgan fingerprint density at radius 3 is 2.93 bits per heavy atom. The maximum Gasteiger partial charge on any atom is 0.226 e. The Kier molecular flexibility index (Phi) is 5.69. The highest BCUT2D eigenvalue weighted by Crippen LogP contribution is 2.33. The fourth-order valence-corrected chi connectivity index (χ4v) is 4.41. The van der Waals surface area contributed by atoms with Gasteiger partial charge in [-0.05, 0) is 48.4 Å². The second kappa shape index (κ2) is 8.35. The molecule has 0 saturated carbocycles. The molecule has 0 N–H and O–H groups in total. The van der Waals surface area contributed by atoms with E-state index in [1.807, 2.05) is 34.5 Å². The molecule has 1 amide bonds. The van der Waals surface area contributed by atoms with Crippen molar-refractivity contribution in [3.05, 3.63) is 57.7 Å². The van der Waals surface area contributed by atoms with Crippen LogP contribution in [0.1, 0.15) is 43.2 Å². The van der Waals surface area contributed by atoms with Crippen LogP contribution in [0.15, 0.2) is 50.8 Å². The van der Waals surface area contributed by atoms with Crippen LogP contribution >= 0.6 is 27.3 Å². The van der Waals surface area contributed by atoms with Crippen molar-refractivity contribution in [2.45, 2.75) is 38.1 Å². The van der Waals surface area contributed by atoms with Gasteiger partial charge in [0.1, 0.15) is 0 Å². The first-order chi connectivity index (χ1) is 13.2. The molecule has 3 aromatic rings. The van der Waals surface area contributed by atoms with Crippen molar-refractivity contribution in [1.29, 1.82) is 0 Å². The fourth-order valence-electron chi connectivity index (χ4n) is 3.49.